The Kier molecular flexibility index (Phi) is 4.35. The fourth-order valence-electron chi connectivity index (χ4n) is 2.01. The molecular formula is C16H19N3O. The summed E-state index contributed by atoms with van der Waals surface area (Å²) < 4.78 is 0. The first kappa shape index (κ1) is 14.1. The smallest absolute Gasteiger partial charge is 0.255 e. The number of para-hydroxylation sites is 1. The van der Waals surface area contributed by atoms with Crippen molar-refractivity contribution in [1.29, 1.82) is 0 Å². The third-order valence-corrected chi connectivity index (χ3v) is 3.19. The molecule has 2 aromatic rings. The second kappa shape index (κ2) is 6.19. The van der Waals surface area contributed by atoms with Crippen molar-refractivity contribution < 1.29 is 4.79 Å². The maximum Gasteiger partial charge on any atom is 0.255 e. The van der Waals surface area contributed by atoms with Gasteiger partial charge in [-0.25, -0.2) is 0 Å². The van der Waals surface area contributed by atoms with E-state index < -0.39 is 0 Å². The first-order valence-corrected chi connectivity index (χ1v) is 6.64. The number of anilines is 1. The van der Waals surface area contributed by atoms with Gasteiger partial charge in [0.2, 0.25) is 0 Å². The van der Waals surface area contributed by atoms with E-state index in [4.69, 9.17) is 5.73 Å². The number of nitrogen functional groups attached to an aromatic ring is 1. The fraction of sp³-hybridized carbons (Fsp3) is 0.250. The van der Waals surface area contributed by atoms with E-state index in [1.165, 1.54) is 0 Å². The van der Waals surface area contributed by atoms with Gasteiger partial charge in [0, 0.05) is 30.7 Å². The predicted octanol–water partition coefficient (Wildman–Crippen LogP) is 2.71. The quantitative estimate of drug-likeness (QED) is 0.868. The first-order chi connectivity index (χ1) is 9.59. The zero-order valence-corrected chi connectivity index (χ0v) is 11.8. The molecule has 0 aliphatic heterocycles. The lowest BCUT2D eigenvalue weighted by Crippen LogP contribution is -2.36. The number of pyridine rings is 1. The van der Waals surface area contributed by atoms with Crippen LogP contribution in [-0.2, 0) is 6.54 Å². The van der Waals surface area contributed by atoms with Crippen LogP contribution in [0.1, 0.15) is 29.8 Å². The average Bonchev–Trinajstić information content (AvgIpc) is 2.46. The molecule has 2 N–H and O–H groups in total. The van der Waals surface area contributed by atoms with Crippen molar-refractivity contribution in [2.45, 2.75) is 26.4 Å². The number of rotatable bonds is 4. The van der Waals surface area contributed by atoms with Gasteiger partial charge >= 0.3 is 0 Å². The molecule has 0 radical (unpaired) electrons. The number of nitrogens with zero attached hydrogens (tertiary/aromatic N) is 2. The molecular weight excluding hydrogens is 250 g/mol. The Morgan fingerprint density at radius 1 is 1.25 bits per heavy atom. The zero-order chi connectivity index (χ0) is 14.5. The van der Waals surface area contributed by atoms with E-state index >= 15 is 0 Å². The highest BCUT2D eigenvalue weighted by atomic mass is 16.2. The highest BCUT2D eigenvalue weighted by Crippen LogP contribution is 2.17. The van der Waals surface area contributed by atoms with Crippen LogP contribution in [0.4, 0.5) is 5.69 Å². The van der Waals surface area contributed by atoms with E-state index in [1.54, 1.807) is 29.4 Å². The number of carbonyl (C=O) groups is 1. The molecule has 20 heavy (non-hydrogen) atoms. The summed E-state index contributed by atoms with van der Waals surface area (Å²) in [6, 6.07) is 11.2. The molecule has 0 atom stereocenters. The molecule has 0 unspecified atom stereocenters. The van der Waals surface area contributed by atoms with Crippen molar-refractivity contribution in [1.82, 2.24) is 9.88 Å². The Balaban J connectivity index is 2.24. The standard InChI is InChI=1S/C16H19N3O/c1-12(2)19(11-14-6-3-4-8-15(14)17)16(20)13-7-5-9-18-10-13/h3-10,12H,11,17H2,1-2H3. The number of hydrogen-bond donors (Lipinski definition) is 1. The highest BCUT2D eigenvalue weighted by Gasteiger charge is 2.19. The Labute approximate surface area is 119 Å². The lowest BCUT2D eigenvalue weighted by molar-refractivity contribution is 0.0690. The van der Waals surface area contributed by atoms with Crippen LogP contribution in [0.3, 0.4) is 0 Å². The summed E-state index contributed by atoms with van der Waals surface area (Å²) in [5.41, 5.74) is 8.21. The van der Waals surface area contributed by atoms with Crippen LogP contribution >= 0.6 is 0 Å². The third kappa shape index (κ3) is 3.15. The van der Waals surface area contributed by atoms with Gasteiger partial charge < -0.3 is 10.6 Å². The molecule has 0 saturated carbocycles. The SMILES string of the molecule is CC(C)N(Cc1ccccc1N)C(=O)c1cccnc1. The summed E-state index contributed by atoms with van der Waals surface area (Å²) in [6.07, 6.45) is 3.25. The zero-order valence-electron chi connectivity index (χ0n) is 11.8. The molecule has 1 aromatic carbocycles. The molecule has 0 aliphatic rings. The number of nitrogens with two attached hydrogens (primary N) is 1. The van der Waals surface area contributed by atoms with Gasteiger partial charge in [0.15, 0.2) is 0 Å². The molecule has 1 aromatic heterocycles. The number of amides is 1. The maximum atomic E-state index is 12.5. The maximum absolute atomic E-state index is 12.5. The summed E-state index contributed by atoms with van der Waals surface area (Å²) in [6.45, 7) is 4.48. The number of aromatic nitrogens is 1. The molecule has 0 bridgehead atoms. The van der Waals surface area contributed by atoms with E-state index in [0.717, 1.165) is 5.56 Å². The van der Waals surface area contributed by atoms with Gasteiger partial charge in [0.1, 0.15) is 0 Å². The Hall–Kier alpha value is -2.36. The average molecular weight is 269 g/mol. The van der Waals surface area contributed by atoms with E-state index in [1.807, 2.05) is 38.1 Å². The second-order valence-corrected chi connectivity index (χ2v) is 4.97. The number of hydrogen-bond acceptors (Lipinski definition) is 3. The van der Waals surface area contributed by atoms with Gasteiger partial charge in [-0.05, 0) is 37.6 Å². The summed E-state index contributed by atoms with van der Waals surface area (Å²) >= 11 is 0. The molecule has 1 heterocycles. The second-order valence-electron chi connectivity index (χ2n) is 4.97. The largest absolute Gasteiger partial charge is 0.398 e. The molecule has 0 spiro atoms. The van der Waals surface area contributed by atoms with E-state index in [2.05, 4.69) is 4.98 Å². The van der Waals surface area contributed by atoms with Crippen molar-refractivity contribution in [2.24, 2.45) is 0 Å². The minimum Gasteiger partial charge on any atom is -0.398 e. The fourth-order valence-corrected chi connectivity index (χ4v) is 2.01. The van der Waals surface area contributed by atoms with Crippen LogP contribution in [-0.4, -0.2) is 21.8 Å². The van der Waals surface area contributed by atoms with E-state index in [9.17, 15) is 4.79 Å². The van der Waals surface area contributed by atoms with Crippen molar-refractivity contribution in [3.05, 3.63) is 59.9 Å². The Morgan fingerprint density at radius 2 is 2.00 bits per heavy atom. The van der Waals surface area contributed by atoms with Gasteiger partial charge in [-0.2, -0.15) is 0 Å². The molecule has 0 saturated heterocycles. The molecule has 4 nitrogen and oxygen atoms in total. The molecule has 1 amide bonds. The van der Waals surface area contributed by atoms with Crippen LogP contribution in [0.2, 0.25) is 0 Å². The first-order valence-electron chi connectivity index (χ1n) is 6.64. The van der Waals surface area contributed by atoms with Crippen LogP contribution in [0, 0.1) is 0 Å². The van der Waals surface area contributed by atoms with Crippen LogP contribution in [0.15, 0.2) is 48.8 Å². The van der Waals surface area contributed by atoms with Crippen molar-refractivity contribution >= 4 is 11.6 Å². The summed E-state index contributed by atoms with van der Waals surface area (Å²) in [4.78, 5) is 18.3. The topological polar surface area (TPSA) is 59.2 Å². The van der Waals surface area contributed by atoms with Crippen LogP contribution in [0.25, 0.3) is 0 Å². The normalized spacial score (nSPS) is 10.6. The van der Waals surface area contributed by atoms with Gasteiger partial charge in [-0.1, -0.05) is 18.2 Å². The lowest BCUT2D eigenvalue weighted by Gasteiger charge is -2.27. The predicted molar refractivity (Wildman–Crippen MR) is 80.1 cm³/mol. The highest BCUT2D eigenvalue weighted by molar-refractivity contribution is 5.94. The lowest BCUT2D eigenvalue weighted by atomic mass is 10.1. The Bertz CT molecular complexity index is 581. The van der Waals surface area contributed by atoms with Crippen molar-refractivity contribution in [2.75, 3.05) is 5.73 Å². The van der Waals surface area contributed by atoms with Gasteiger partial charge in [-0.3, -0.25) is 9.78 Å². The van der Waals surface area contributed by atoms with Gasteiger partial charge in [0.25, 0.3) is 5.91 Å². The molecule has 104 valence electrons. The van der Waals surface area contributed by atoms with Crippen molar-refractivity contribution in [3.63, 3.8) is 0 Å². The van der Waals surface area contributed by atoms with Crippen molar-refractivity contribution in [3.8, 4) is 0 Å². The third-order valence-electron chi connectivity index (χ3n) is 3.19. The number of carbonyl (C=O) groups excluding carboxylic acids is 1. The Morgan fingerprint density at radius 3 is 2.60 bits per heavy atom. The number of benzene rings is 1. The summed E-state index contributed by atoms with van der Waals surface area (Å²) in [5, 5.41) is 0. The minimum absolute atomic E-state index is 0.0312. The van der Waals surface area contributed by atoms with E-state index in [0.29, 0.717) is 17.8 Å². The monoisotopic (exact) mass is 269 g/mol. The summed E-state index contributed by atoms with van der Waals surface area (Å²) in [5.74, 6) is -0.0312. The molecule has 0 fully saturated rings. The van der Waals surface area contributed by atoms with E-state index in [-0.39, 0.29) is 11.9 Å². The van der Waals surface area contributed by atoms with Gasteiger partial charge in [0.05, 0.1) is 5.56 Å². The molecule has 0 aliphatic carbocycles. The van der Waals surface area contributed by atoms with Crippen LogP contribution in [0.5, 0.6) is 0 Å². The molecule has 4 heteroatoms. The summed E-state index contributed by atoms with van der Waals surface area (Å²) in [7, 11) is 0. The van der Waals surface area contributed by atoms with Crippen LogP contribution < -0.4 is 5.73 Å². The molecule has 2 rings (SSSR count). The minimum atomic E-state index is -0.0312. The van der Waals surface area contributed by atoms with Gasteiger partial charge in [-0.15, -0.1) is 0 Å².